The zero-order chi connectivity index (χ0) is 21.1. The first-order chi connectivity index (χ1) is 14.0. The summed E-state index contributed by atoms with van der Waals surface area (Å²) in [6, 6.07) is 14.7. The number of guanidine groups is 1. The number of aryl methyl sites for hydroxylation is 1. The molecular formula is C22H32IN3O3S. The van der Waals surface area contributed by atoms with E-state index in [9.17, 15) is 8.42 Å². The minimum atomic E-state index is -3.26. The summed E-state index contributed by atoms with van der Waals surface area (Å²) in [5, 5.41) is 6.49. The normalized spacial score (nSPS) is 11.5. The Morgan fingerprint density at radius 2 is 1.83 bits per heavy atom. The zero-order valence-corrected chi connectivity index (χ0v) is 21.0. The number of halogens is 1. The van der Waals surface area contributed by atoms with E-state index in [4.69, 9.17) is 4.74 Å². The highest BCUT2D eigenvalue weighted by molar-refractivity contribution is 14.0. The lowest BCUT2D eigenvalue weighted by Gasteiger charge is -2.12. The van der Waals surface area contributed by atoms with Crippen LogP contribution in [0.2, 0.25) is 0 Å². The number of ether oxygens (including phenoxy) is 1. The van der Waals surface area contributed by atoms with Crippen molar-refractivity contribution < 1.29 is 13.2 Å². The Hall–Kier alpha value is -1.81. The summed E-state index contributed by atoms with van der Waals surface area (Å²) in [7, 11) is -1.58. The van der Waals surface area contributed by atoms with E-state index >= 15 is 0 Å². The van der Waals surface area contributed by atoms with E-state index in [1.54, 1.807) is 31.4 Å². The molecule has 0 fully saturated rings. The molecule has 0 amide bonds. The SMILES string of the molecule is CCNC(=NCCCS(=O)(=O)c1ccccc1)NCCc1ccc(C)c(OC)c1.I. The van der Waals surface area contributed by atoms with Crippen LogP contribution in [-0.4, -0.2) is 46.9 Å². The fraction of sp³-hybridized carbons (Fsp3) is 0.409. The molecule has 2 aromatic rings. The average Bonchev–Trinajstić information content (AvgIpc) is 2.73. The van der Waals surface area contributed by atoms with Gasteiger partial charge in [0.05, 0.1) is 17.8 Å². The van der Waals surface area contributed by atoms with Crippen molar-refractivity contribution in [3.8, 4) is 5.75 Å². The fourth-order valence-corrected chi connectivity index (χ4v) is 4.19. The molecule has 0 atom stereocenters. The highest BCUT2D eigenvalue weighted by Gasteiger charge is 2.12. The van der Waals surface area contributed by atoms with Gasteiger partial charge in [0.2, 0.25) is 0 Å². The van der Waals surface area contributed by atoms with Crippen LogP contribution in [0, 0.1) is 6.92 Å². The topological polar surface area (TPSA) is 79.8 Å². The average molecular weight is 545 g/mol. The predicted molar refractivity (Wildman–Crippen MR) is 134 cm³/mol. The second-order valence-electron chi connectivity index (χ2n) is 6.73. The second-order valence-corrected chi connectivity index (χ2v) is 8.84. The molecule has 0 saturated carbocycles. The van der Waals surface area contributed by atoms with Gasteiger partial charge in [0.25, 0.3) is 0 Å². The van der Waals surface area contributed by atoms with Gasteiger partial charge in [-0.1, -0.05) is 30.3 Å². The molecule has 166 valence electrons. The highest BCUT2D eigenvalue weighted by Crippen LogP contribution is 2.19. The van der Waals surface area contributed by atoms with Gasteiger partial charge in [-0.3, -0.25) is 4.99 Å². The molecular weight excluding hydrogens is 513 g/mol. The summed E-state index contributed by atoms with van der Waals surface area (Å²) in [6.45, 7) is 5.93. The molecule has 0 aliphatic rings. The summed E-state index contributed by atoms with van der Waals surface area (Å²) in [4.78, 5) is 4.86. The Bertz CT molecular complexity index is 903. The van der Waals surface area contributed by atoms with E-state index in [0.717, 1.165) is 30.8 Å². The number of sulfone groups is 1. The molecule has 0 radical (unpaired) electrons. The monoisotopic (exact) mass is 545 g/mol. The standard InChI is InChI=1S/C22H31N3O3S.HI/c1-4-23-22(25-15-13-19-12-11-18(2)21(17-19)28-3)24-14-8-16-29(26,27)20-9-6-5-7-10-20;/h5-7,9-12,17H,4,8,13-16H2,1-3H3,(H2,23,24,25);1H. The first-order valence-electron chi connectivity index (χ1n) is 9.89. The van der Waals surface area contributed by atoms with Gasteiger partial charge in [-0.15, -0.1) is 24.0 Å². The molecule has 0 aliphatic carbocycles. The first-order valence-corrected chi connectivity index (χ1v) is 11.5. The molecule has 0 heterocycles. The van der Waals surface area contributed by atoms with Crippen LogP contribution >= 0.6 is 24.0 Å². The number of hydrogen-bond donors (Lipinski definition) is 2. The third-order valence-electron chi connectivity index (χ3n) is 4.47. The largest absolute Gasteiger partial charge is 0.496 e. The van der Waals surface area contributed by atoms with E-state index < -0.39 is 9.84 Å². The third kappa shape index (κ3) is 8.51. The van der Waals surface area contributed by atoms with Crippen molar-refractivity contribution in [2.24, 2.45) is 4.99 Å². The molecule has 6 nitrogen and oxygen atoms in total. The molecule has 2 N–H and O–H groups in total. The molecule has 8 heteroatoms. The van der Waals surface area contributed by atoms with Crippen LogP contribution in [0.5, 0.6) is 5.75 Å². The van der Waals surface area contributed by atoms with Crippen LogP contribution in [0.3, 0.4) is 0 Å². The highest BCUT2D eigenvalue weighted by atomic mass is 127. The molecule has 2 aromatic carbocycles. The maximum Gasteiger partial charge on any atom is 0.191 e. The van der Waals surface area contributed by atoms with Crippen molar-refractivity contribution in [2.45, 2.75) is 31.6 Å². The van der Waals surface area contributed by atoms with E-state index in [0.29, 0.717) is 23.8 Å². The van der Waals surface area contributed by atoms with E-state index in [2.05, 4.69) is 33.8 Å². The molecule has 0 spiro atoms. The predicted octanol–water partition coefficient (Wildman–Crippen LogP) is 3.58. The van der Waals surface area contributed by atoms with Gasteiger partial charge in [0, 0.05) is 19.6 Å². The lowest BCUT2D eigenvalue weighted by atomic mass is 10.1. The minimum Gasteiger partial charge on any atom is -0.496 e. The first kappa shape index (κ1) is 26.2. The van der Waals surface area contributed by atoms with Crippen LogP contribution < -0.4 is 15.4 Å². The van der Waals surface area contributed by atoms with E-state index in [1.165, 1.54) is 5.56 Å². The Morgan fingerprint density at radius 3 is 2.50 bits per heavy atom. The molecule has 0 bridgehead atoms. The number of nitrogens with one attached hydrogen (secondary N) is 2. The van der Waals surface area contributed by atoms with Gasteiger partial charge < -0.3 is 15.4 Å². The Labute approximate surface area is 197 Å². The summed E-state index contributed by atoms with van der Waals surface area (Å²) in [5.74, 6) is 1.68. The Morgan fingerprint density at radius 1 is 1.10 bits per heavy atom. The van der Waals surface area contributed by atoms with Gasteiger partial charge in [0.1, 0.15) is 5.75 Å². The smallest absolute Gasteiger partial charge is 0.191 e. The van der Waals surface area contributed by atoms with Gasteiger partial charge >= 0.3 is 0 Å². The van der Waals surface area contributed by atoms with Gasteiger partial charge in [-0.05, 0) is 56.0 Å². The lowest BCUT2D eigenvalue weighted by Crippen LogP contribution is -2.38. The van der Waals surface area contributed by atoms with Crippen molar-refractivity contribution >= 4 is 39.8 Å². The Balaban J connectivity index is 0.00000450. The van der Waals surface area contributed by atoms with Crippen molar-refractivity contribution in [2.75, 3.05) is 32.5 Å². The fourth-order valence-electron chi connectivity index (χ4n) is 2.88. The maximum absolute atomic E-state index is 12.3. The van der Waals surface area contributed by atoms with Crippen LogP contribution in [0.15, 0.2) is 58.4 Å². The van der Waals surface area contributed by atoms with Crippen molar-refractivity contribution in [1.29, 1.82) is 0 Å². The summed E-state index contributed by atoms with van der Waals surface area (Å²) < 4.78 is 30.0. The van der Waals surface area contributed by atoms with Gasteiger partial charge in [0.15, 0.2) is 15.8 Å². The van der Waals surface area contributed by atoms with Crippen LogP contribution in [0.1, 0.15) is 24.5 Å². The maximum atomic E-state index is 12.3. The van der Waals surface area contributed by atoms with Crippen molar-refractivity contribution in [3.63, 3.8) is 0 Å². The van der Waals surface area contributed by atoms with Gasteiger partial charge in [-0.25, -0.2) is 8.42 Å². The zero-order valence-electron chi connectivity index (χ0n) is 17.8. The van der Waals surface area contributed by atoms with Crippen LogP contribution in [0.25, 0.3) is 0 Å². The minimum absolute atomic E-state index is 0. The number of hydrogen-bond acceptors (Lipinski definition) is 4. The van der Waals surface area contributed by atoms with E-state index in [1.807, 2.05) is 19.9 Å². The summed E-state index contributed by atoms with van der Waals surface area (Å²) in [5.41, 5.74) is 2.30. The second kappa shape index (κ2) is 13.5. The quantitative estimate of drug-likeness (QED) is 0.207. The number of methoxy groups -OCH3 is 1. The molecule has 30 heavy (non-hydrogen) atoms. The number of nitrogens with zero attached hydrogens (tertiary/aromatic N) is 1. The summed E-state index contributed by atoms with van der Waals surface area (Å²) in [6.07, 6.45) is 1.31. The van der Waals surface area contributed by atoms with Crippen molar-refractivity contribution in [3.05, 3.63) is 59.7 Å². The van der Waals surface area contributed by atoms with E-state index in [-0.39, 0.29) is 29.7 Å². The number of benzene rings is 2. The molecule has 0 aromatic heterocycles. The number of rotatable bonds is 10. The molecule has 0 unspecified atom stereocenters. The van der Waals surface area contributed by atoms with Crippen molar-refractivity contribution in [1.82, 2.24) is 10.6 Å². The molecule has 0 saturated heterocycles. The third-order valence-corrected chi connectivity index (χ3v) is 6.28. The molecule has 2 rings (SSSR count). The van der Waals surface area contributed by atoms with Crippen LogP contribution in [0.4, 0.5) is 0 Å². The Kier molecular flexibility index (Phi) is 11.8. The summed E-state index contributed by atoms with van der Waals surface area (Å²) >= 11 is 0. The van der Waals surface area contributed by atoms with Gasteiger partial charge in [-0.2, -0.15) is 0 Å². The molecule has 0 aliphatic heterocycles. The van der Waals surface area contributed by atoms with Crippen LogP contribution in [-0.2, 0) is 16.3 Å². The lowest BCUT2D eigenvalue weighted by molar-refractivity contribution is 0.411. The number of aliphatic imine (C=N–C) groups is 1.